The van der Waals surface area contributed by atoms with Gasteiger partial charge in [-0.1, -0.05) is 0 Å². The molecule has 1 aromatic carbocycles. The predicted octanol–water partition coefficient (Wildman–Crippen LogP) is 2.05. The highest BCUT2D eigenvalue weighted by Gasteiger charge is 2.36. The van der Waals surface area contributed by atoms with Crippen LogP contribution in [0.15, 0.2) is 24.4 Å². The van der Waals surface area contributed by atoms with Crippen molar-refractivity contribution in [2.45, 2.75) is 31.7 Å². The molecule has 0 spiro atoms. The molecule has 6 nitrogen and oxygen atoms in total. The Hall–Kier alpha value is -2.08. The number of aromatic amines is 1. The molecule has 0 bridgehead atoms. The first-order chi connectivity index (χ1) is 10.7. The number of hydrogen-bond donors (Lipinski definition) is 3. The zero-order chi connectivity index (χ0) is 15.4. The fourth-order valence-corrected chi connectivity index (χ4v) is 2.89. The molecule has 0 saturated heterocycles. The minimum atomic E-state index is -0.197. The molecule has 1 aliphatic carbocycles. The summed E-state index contributed by atoms with van der Waals surface area (Å²) in [6, 6.07) is 6.19. The molecule has 1 fully saturated rings. The number of benzene rings is 1. The van der Waals surface area contributed by atoms with Crippen molar-refractivity contribution in [3.8, 4) is 0 Å². The van der Waals surface area contributed by atoms with E-state index < -0.39 is 0 Å². The van der Waals surface area contributed by atoms with Gasteiger partial charge < -0.3 is 15.4 Å². The van der Waals surface area contributed by atoms with Gasteiger partial charge in [-0.15, -0.1) is 0 Å². The summed E-state index contributed by atoms with van der Waals surface area (Å²) in [7, 11) is 0. The zero-order valence-corrected chi connectivity index (χ0v) is 12.8. The van der Waals surface area contributed by atoms with E-state index in [1.165, 1.54) is 6.42 Å². The van der Waals surface area contributed by atoms with Gasteiger partial charge in [0.25, 0.3) is 0 Å². The zero-order valence-electron chi connectivity index (χ0n) is 12.8. The van der Waals surface area contributed by atoms with Gasteiger partial charge in [-0.3, -0.25) is 9.89 Å². The van der Waals surface area contributed by atoms with Gasteiger partial charge in [0.05, 0.1) is 24.9 Å². The Morgan fingerprint density at radius 2 is 2.32 bits per heavy atom. The second-order valence-electron chi connectivity index (χ2n) is 5.84. The van der Waals surface area contributed by atoms with E-state index in [9.17, 15) is 4.79 Å². The van der Waals surface area contributed by atoms with Crippen LogP contribution in [0.5, 0.6) is 0 Å². The Morgan fingerprint density at radius 1 is 1.45 bits per heavy atom. The summed E-state index contributed by atoms with van der Waals surface area (Å²) in [5.74, 6) is -0.197. The van der Waals surface area contributed by atoms with Crippen LogP contribution in [0, 0.1) is 0 Å². The summed E-state index contributed by atoms with van der Waals surface area (Å²) in [6.07, 6.45) is 5.24. The lowest BCUT2D eigenvalue weighted by molar-refractivity contribution is -0.142. The number of anilines is 1. The third-order valence-electron chi connectivity index (χ3n) is 4.20. The summed E-state index contributed by atoms with van der Waals surface area (Å²) in [6.45, 7) is 3.26. The monoisotopic (exact) mass is 302 g/mol. The molecule has 1 aromatic heterocycles. The van der Waals surface area contributed by atoms with Crippen molar-refractivity contribution in [1.82, 2.24) is 15.5 Å². The summed E-state index contributed by atoms with van der Waals surface area (Å²) >= 11 is 0. The Labute approximate surface area is 129 Å². The minimum absolute atomic E-state index is 0.0317. The number of nitrogens with one attached hydrogen (secondary N) is 3. The fourth-order valence-electron chi connectivity index (χ4n) is 2.89. The molecule has 1 aliphatic rings. The van der Waals surface area contributed by atoms with Gasteiger partial charge in [0.15, 0.2) is 0 Å². The van der Waals surface area contributed by atoms with Crippen molar-refractivity contribution < 1.29 is 9.53 Å². The minimum Gasteiger partial charge on any atom is -0.465 e. The Balaban J connectivity index is 1.59. The average Bonchev–Trinajstić information content (AvgIpc) is 2.92. The van der Waals surface area contributed by atoms with Crippen LogP contribution in [0.4, 0.5) is 5.69 Å². The topological polar surface area (TPSA) is 79.0 Å². The van der Waals surface area contributed by atoms with E-state index in [1.54, 1.807) is 0 Å². The van der Waals surface area contributed by atoms with Gasteiger partial charge in [-0.05, 0) is 44.4 Å². The molecule has 22 heavy (non-hydrogen) atoms. The van der Waals surface area contributed by atoms with Crippen molar-refractivity contribution >= 4 is 22.6 Å². The molecule has 6 heteroatoms. The number of carbonyl (C=O) groups is 1. The van der Waals surface area contributed by atoms with Crippen LogP contribution in [0.1, 0.15) is 26.2 Å². The molecule has 1 saturated carbocycles. The summed E-state index contributed by atoms with van der Waals surface area (Å²) in [4.78, 5) is 11.4. The quantitative estimate of drug-likeness (QED) is 0.682. The molecule has 0 amide bonds. The Kier molecular flexibility index (Phi) is 4.29. The molecule has 1 heterocycles. The first-order valence-electron chi connectivity index (χ1n) is 7.78. The van der Waals surface area contributed by atoms with Crippen LogP contribution in [-0.4, -0.2) is 41.4 Å². The van der Waals surface area contributed by atoms with E-state index >= 15 is 0 Å². The SMILES string of the molecule is CCOC(=O)CNCC1(Nc2ccc3[nH]ncc3c2)CCC1. The van der Waals surface area contributed by atoms with Crippen LogP contribution in [0.3, 0.4) is 0 Å². The van der Waals surface area contributed by atoms with Crippen molar-refractivity contribution in [3.63, 3.8) is 0 Å². The number of carbonyl (C=O) groups excluding carboxylic acids is 1. The van der Waals surface area contributed by atoms with Crippen LogP contribution >= 0.6 is 0 Å². The van der Waals surface area contributed by atoms with Gasteiger partial charge in [0.2, 0.25) is 0 Å². The van der Waals surface area contributed by atoms with Crippen LogP contribution in [0.2, 0.25) is 0 Å². The van der Waals surface area contributed by atoms with Gasteiger partial charge >= 0.3 is 5.97 Å². The molecular formula is C16H22N4O2. The maximum Gasteiger partial charge on any atom is 0.319 e. The molecule has 2 aromatic rings. The van der Waals surface area contributed by atoms with Crippen molar-refractivity contribution in [3.05, 3.63) is 24.4 Å². The number of fused-ring (bicyclic) bond motifs is 1. The number of ether oxygens (including phenoxy) is 1. The molecule has 3 N–H and O–H groups in total. The highest BCUT2D eigenvalue weighted by Crippen LogP contribution is 2.35. The lowest BCUT2D eigenvalue weighted by atomic mass is 9.76. The van der Waals surface area contributed by atoms with E-state index in [-0.39, 0.29) is 18.1 Å². The molecule has 118 valence electrons. The number of rotatable bonds is 7. The summed E-state index contributed by atoms with van der Waals surface area (Å²) < 4.78 is 4.93. The highest BCUT2D eigenvalue weighted by molar-refractivity contribution is 5.81. The molecule has 0 atom stereocenters. The molecular weight excluding hydrogens is 280 g/mol. The maximum atomic E-state index is 11.4. The smallest absolute Gasteiger partial charge is 0.319 e. The number of esters is 1. The van der Waals surface area contributed by atoms with E-state index in [0.717, 1.165) is 36.0 Å². The molecule has 0 unspecified atom stereocenters. The number of hydrogen-bond acceptors (Lipinski definition) is 5. The first-order valence-corrected chi connectivity index (χ1v) is 7.78. The van der Waals surface area contributed by atoms with Crippen molar-refractivity contribution in [2.24, 2.45) is 0 Å². The number of aromatic nitrogens is 2. The normalized spacial score (nSPS) is 16.2. The molecule has 0 aliphatic heterocycles. The third kappa shape index (κ3) is 3.22. The van der Waals surface area contributed by atoms with Gasteiger partial charge in [-0.25, -0.2) is 0 Å². The van der Waals surface area contributed by atoms with E-state index in [2.05, 4.69) is 33.0 Å². The first kappa shape index (κ1) is 14.8. The van der Waals surface area contributed by atoms with Crippen LogP contribution in [-0.2, 0) is 9.53 Å². The highest BCUT2D eigenvalue weighted by atomic mass is 16.5. The second-order valence-corrected chi connectivity index (χ2v) is 5.84. The van der Waals surface area contributed by atoms with Crippen LogP contribution < -0.4 is 10.6 Å². The van der Waals surface area contributed by atoms with Crippen LogP contribution in [0.25, 0.3) is 10.9 Å². The van der Waals surface area contributed by atoms with Gasteiger partial charge in [0, 0.05) is 23.2 Å². The maximum absolute atomic E-state index is 11.4. The largest absolute Gasteiger partial charge is 0.465 e. The summed E-state index contributed by atoms with van der Waals surface area (Å²) in [5.41, 5.74) is 2.16. The second kappa shape index (κ2) is 6.36. The number of nitrogens with zero attached hydrogens (tertiary/aromatic N) is 1. The third-order valence-corrected chi connectivity index (χ3v) is 4.20. The predicted molar refractivity (Wildman–Crippen MR) is 85.8 cm³/mol. The lowest BCUT2D eigenvalue weighted by Gasteiger charge is -2.43. The van der Waals surface area contributed by atoms with Crippen molar-refractivity contribution in [1.29, 1.82) is 0 Å². The average molecular weight is 302 g/mol. The van der Waals surface area contributed by atoms with E-state index in [1.807, 2.05) is 19.2 Å². The van der Waals surface area contributed by atoms with Gasteiger partial charge in [-0.2, -0.15) is 5.10 Å². The Bertz CT molecular complexity index is 648. The fraction of sp³-hybridized carbons (Fsp3) is 0.500. The Morgan fingerprint density at radius 3 is 3.05 bits per heavy atom. The molecule has 3 rings (SSSR count). The molecule has 0 radical (unpaired) electrons. The van der Waals surface area contributed by atoms with Gasteiger partial charge in [0.1, 0.15) is 0 Å². The lowest BCUT2D eigenvalue weighted by Crippen LogP contribution is -2.53. The van der Waals surface area contributed by atoms with E-state index in [0.29, 0.717) is 6.61 Å². The number of H-pyrrole nitrogens is 1. The summed E-state index contributed by atoms with van der Waals surface area (Å²) in [5, 5.41) is 14.9. The van der Waals surface area contributed by atoms with E-state index in [4.69, 9.17) is 4.74 Å². The standard InChI is InChI=1S/C16H22N4O2/c1-2-22-15(21)10-17-11-16(6-3-7-16)19-13-4-5-14-12(8-13)9-18-20-14/h4-5,8-9,17,19H,2-3,6-7,10-11H2,1H3,(H,18,20). The van der Waals surface area contributed by atoms with Crippen molar-refractivity contribution in [2.75, 3.05) is 25.0 Å².